The molecule has 0 aliphatic carbocycles. The molecular weight excluding hydrogens is 236 g/mol. The van der Waals surface area contributed by atoms with E-state index < -0.39 is 0 Å². The van der Waals surface area contributed by atoms with Crippen LogP contribution in [0.5, 0.6) is 0 Å². The Morgan fingerprint density at radius 2 is 2.24 bits per heavy atom. The summed E-state index contributed by atoms with van der Waals surface area (Å²) in [6.07, 6.45) is 6.31. The van der Waals surface area contributed by atoms with E-state index in [1.165, 1.54) is 5.69 Å². The van der Waals surface area contributed by atoms with Crippen molar-refractivity contribution < 1.29 is 4.74 Å². The number of nitrogens with zero attached hydrogens (tertiary/aromatic N) is 2. The van der Waals surface area contributed by atoms with E-state index in [9.17, 15) is 0 Å². The van der Waals surface area contributed by atoms with E-state index in [0.29, 0.717) is 12.0 Å². The Labute approximate surface area is 108 Å². The Morgan fingerprint density at radius 1 is 1.47 bits per heavy atom. The van der Waals surface area contributed by atoms with Crippen LogP contribution in [-0.4, -0.2) is 30.8 Å². The second-order valence-electron chi connectivity index (χ2n) is 4.28. The molecule has 0 atom stereocenters. The zero-order valence-electron chi connectivity index (χ0n) is 10.2. The van der Waals surface area contributed by atoms with Gasteiger partial charge in [-0.05, 0) is 31.4 Å². The Hall–Kier alpha value is -0.800. The van der Waals surface area contributed by atoms with Gasteiger partial charge in [0.05, 0.1) is 18.0 Å². The lowest BCUT2D eigenvalue weighted by Gasteiger charge is -2.34. The summed E-state index contributed by atoms with van der Waals surface area (Å²) in [5.74, 6) is 0.545. The van der Waals surface area contributed by atoms with Crippen LogP contribution in [-0.2, 0) is 10.6 Å². The Bertz CT molecular complexity index is 351. The highest BCUT2D eigenvalue weighted by atomic mass is 35.5. The minimum atomic E-state index is 0.423. The van der Waals surface area contributed by atoms with Crippen LogP contribution in [0.1, 0.15) is 25.3 Å². The van der Waals surface area contributed by atoms with E-state index in [-0.39, 0.29) is 0 Å². The fraction of sp³-hybridized carbons (Fsp3) is 0.615. The van der Waals surface area contributed by atoms with Gasteiger partial charge in [0.2, 0.25) is 0 Å². The summed E-state index contributed by atoms with van der Waals surface area (Å²) >= 11 is 5.95. The summed E-state index contributed by atoms with van der Waals surface area (Å²) < 4.78 is 5.66. The Morgan fingerprint density at radius 3 is 2.88 bits per heavy atom. The predicted octanol–water partition coefficient (Wildman–Crippen LogP) is 2.83. The first-order valence-electron chi connectivity index (χ1n) is 6.20. The lowest BCUT2D eigenvalue weighted by atomic mass is 10.1. The molecule has 1 aliphatic heterocycles. The van der Waals surface area contributed by atoms with Crippen molar-refractivity contribution in [3.8, 4) is 0 Å². The number of pyridine rings is 1. The molecule has 1 saturated heterocycles. The van der Waals surface area contributed by atoms with E-state index in [4.69, 9.17) is 16.3 Å². The molecule has 17 heavy (non-hydrogen) atoms. The van der Waals surface area contributed by atoms with Gasteiger partial charge < -0.3 is 9.64 Å². The average molecular weight is 255 g/mol. The number of hydrogen-bond acceptors (Lipinski definition) is 3. The molecule has 1 aromatic rings. The minimum Gasteiger partial charge on any atom is -0.378 e. The third kappa shape index (κ3) is 3.11. The van der Waals surface area contributed by atoms with Crippen LogP contribution in [0, 0.1) is 0 Å². The van der Waals surface area contributed by atoms with Crippen LogP contribution in [0.25, 0.3) is 0 Å². The molecule has 1 aliphatic rings. The monoisotopic (exact) mass is 254 g/mol. The van der Waals surface area contributed by atoms with Gasteiger partial charge in [-0.1, -0.05) is 0 Å². The first kappa shape index (κ1) is 12.7. The molecule has 2 rings (SSSR count). The SMILES string of the molecule is CCOC1CCN(c2cnccc2CCl)CC1. The molecule has 94 valence electrons. The smallest absolute Gasteiger partial charge is 0.0608 e. The molecule has 2 heterocycles. The maximum atomic E-state index is 5.95. The van der Waals surface area contributed by atoms with Gasteiger partial charge in [0.15, 0.2) is 0 Å². The molecule has 4 heteroatoms. The van der Waals surface area contributed by atoms with Crippen LogP contribution in [0.4, 0.5) is 5.69 Å². The van der Waals surface area contributed by atoms with Gasteiger partial charge in [0.25, 0.3) is 0 Å². The summed E-state index contributed by atoms with van der Waals surface area (Å²) in [5.41, 5.74) is 2.34. The molecule has 3 nitrogen and oxygen atoms in total. The number of halogens is 1. The number of hydrogen-bond donors (Lipinski definition) is 0. The Balaban J connectivity index is 2.00. The molecule has 0 unspecified atom stereocenters. The van der Waals surface area contributed by atoms with E-state index >= 15 is 0 Å². The fourth-order valence-electron chi connectivity index (χ4n) is 2.31. The highest BCUT2D eigenvalue weighted by Crippen LogP contribution is 2.25. The summed E-state index contributed by atoms with van der Waals surface area (Å²) in [6.45, 7) is 4.92. The van der Waals surface area contributed by atoms with Gasteiger partial charge in [0, 0.05) is 31.8 Å². The number of anilines is 1. The topological polar surface area (TPSA) is 25.4 Å². The zero-order valence-corrected chi connectivity index (χ0v) is 11.0. The summed E-state index contributed by atoms with van der Waals surface area (Å²) in [6, 6.07) is 2.00. The van der Waals surface area contributed by atoms with Gasteiger partial charge in [-0.25, -0.2) is 0 Å². The third-order valence-corrected chi connectivity index (χ3v) is 3.50. The van der Waals surface area contributed by atoms with Crippen LogP contribution in [0.15, 0.2) is 18.5 Å². The normalized spacial score (nSPS) is 17.4. The van der Waals surface area contributed by atoms with Gasteiger partial charge in [0.1, 0.15) is 0 Å². The molecule has 0 aromatic carbocycles. The van der Waals surface area contributed by atoms with Crippen molar-refractivity contribution in [2.45, 2.75) is 31.7 Å². The Kier molecular flexibility index (Phi) is 4.63. The molecule has 0 amide bonds. The van der Waals surface area contributed by atoms with Crippen LogP contribution in [0.3, 0.4) is 0 Å². The van der Waals surface area contributed by atoms with Gasteiger partial charge in [-0.2, -0.15) is 0 Å². The van der Waals surface area contributed by atoms with Crippen molar-refractivity contribution >= 4 is 17.3 Å². The number of piperidine rings is 1. The maximum absolute atomic E-state index is 5.95. The third-order valence-electron chi connectivity index (χ3n) is 3.22. The van der Waals surface area contributed by atoms with E-state index in [1.807, 2.05) is 12.3 Å². The highest BCUT2D eigenvalue weighted by molar-refractivity contribution is 6.17. The van der Waals surface area contributed by atoms with Crippen LogP contribution < -0.4 is 4.90 Å². The van der Waals surface area contributed by atoms with E-state index in [0.717, 1.165) is 38.1 Å². The molecule has 1 fully saturated rings. The second kappa shape index (κ2) is 6.22. The molecule has 1 aromatic heterocycles. The van der Waals surface area contributed by atoms with Crippen molar-refractivity contribution in [1.82, 2.24) is 4.98 Å². The molecule has 0 bridgehead atoms. The van der Waals surface area contributed by atoms with Gasteiger partial charge in [-0.3, -0.25) is 4.98 Å². The zero-order chi connectivity index (χ0) is 12.1. The highest BCUT2D eigenvalue weighted by Gasteiger charge is 2.20. The van der Waals surface area contributed by atoms with Crippen LogP contribution >= 0.6 is 11.6 Å². The van der Waals surface area contributed by atoms with Gasteiger partial charge in [-0.15, -0.1) is 11.6 Å². The van der Waals surface area contributed by atoms with Crippen molar-refractivity contribution in [1.29, 1.82) is 0 Å². The number of rotatable bonds is 4. The standard InChI is InChI=1S/C13H19ClN2O/c1-2-17-12-4-7-16(8-5-12)13-10-15-6-3-11(13)9-14/h3,6,10,12H,2,4-5,7-9H2,1H3. The molecule has 0 saturated carbocycles. The average Bonchev–Trinajstić information content (AvgIpc) is 2.40. The van der Waals surface area contributed by atoms with Crippen molar-refractivity contribution in [3.63, 3.8) is 0 Å². The van der Waals surface area contributed by atoms with E-state index in [2.05, 4.69) is 16.8 Å². The molecule has 0 radical (unpaired) electrons. The number of ether oxygens (including phenoxy) is 1. The van der Waals surface area contributed by atoms with Crippen LogP contribution in [0.2, 0.25) is 0 Å². The largest absolute Gasteiger partial charge is 0.378 e. The lowest BCUT2D eigenvalue weighted by molar-refractivity contribution is 0.0459. The first-order valence-corrected chi connectivity index (χ1v) is 6.74. The molecule has 0 N–H and O–H groups in total. The summed E-state index contributed by atoms with van der Waals surface area (Å²) in [7, 11) is 0. The fourth-order valence-corrected chi connectivity index (χ4v) is 2.54. The minimum absolute atomic E-state index is 0.423. The van der Waals surface area contributed by atoms with Gasteiger partial charge >= 0.3 is 0 Å². The van der Waals surface area contributed by atoms with Crippen molar-refractivity contribution in [2.75, 3.05) is 24.6 Å². The van der Waals surface area contributed by atoms with Crippen molar-refractivity contribution in [2.24, 2.45) is 0 Å². The number of aromatic nitrogens is 1. The summed E-state index contributed by atoms with van der Waals surface area (Å²) in [5, 5.41) is 0. The van der Waals surface area contributed by atoms with Crippen molar-refractivity contribution in [3.05, 3.63) is 24.0 Å². The molecular formula is C13H19ClN2O. The maximum Gasteiger partial charge on any atom is 0.0608 e. The van der Waals surface area contributed by atoms with E-state index in [1.54, 1.807) is 6.20 Å². The molecule has 0 spiro atoms. The summed E-state index contributed by atoms with van der Waals surface area (Å²) in [4.78, 5) is 6.55. The first-order chi connectivity index (χ1) is 8.35. The lowest BCUT2D eigenvalue weighted by Crippen LogP contribution is -2.37. The second-order valence-corrected chi connectivity index (χ2v) is 4.55. The quantitative estimate of drug-likeness (QED) is 0.773. The predicted molar refractivity (Wildman–Crippen MR) is 70.7 cm³/mol. The number of alkyl halides is 1.